The van der Waals surface area contributed by atoms with Gasteiger partial charge in [0.05, 0.1) is 22.9 Å². The molecule has 1 saturated heterocycles. The Kier molecular flexibility index (Phi) is 6.00. The Morgan fingerprint density at radius 1 is 0.950 bits per heavy atom. The molecule has 2 saturated carbocycles. The van der Waals surface area contributed by atoms with Crippen molar-refractivity contribution in [3.05, 3.63) is 70.5 Å². The molecule has 2 aromatic carbocycles. The first-order chi connectivity index (χ1) is 19.4. The first-order valence-electron chi connectivity index (χ1n) is 13.8. The molecule has 7 rings (SSSR count). The summed E-state index contributed by atoms with van der Waals surface area (Å²) in [6, 6.07) is 12.4. The van der Waals surface area contributed by atoms with Crippen molar-refractivity contribution in [2.75, 3.05) is 11.9 Å². The van der Waals surface area contributed by atoms with Crippen LogP contribution in [-0.4, -0.2) is 50.9 Å². The fraction of sp³-hybridized carbons (Fsp3) is 0.367. The number of rotatable bonds is 7. The molecule has 1 atom stereocenters. The summed E-state index contributed by atoms with van der Waals surface area (Å²) in [6.07, 6.45) is 6.78. The largest absolute Gasteiger partial charge is 0.385 e. The van der Waals surface area contributed by atoms with E-state index in [1.165, 1.54) is 24.1 Å². The SMILES string of the molecule is O=C1CCC(N2C(=O)c3ccc(NCC4CC(n5cc(-c6cccc(Cl)c6)c(C6CC6)n5)C4)cc3C2=O)C(=O)N1. The summed E-state index contributed by atoms with van der Waals surface area (Å²) in [7, 11) is 0. The number of carbonyl (C=O) groups is 4. The van der Waals surface area contributed by atoms with Crippen molar-refractivity contribution in [1.82, 2.24) is 20.0 Å². The predicted octanol–water partition coefficient (Wildman–Crippen LogP) is 4.55. The lowest BCUT2D eigenvalue weighted by molar-refractivity contribution is -0.136. The molecule has 4 aliphatic rings. The van der Waals surface area contributed by atoms with E-state index in [1.807, 2.05) is 18.2 Å². The van der Waals surface area contributed by atoms with Crippen LogP contribution in [0.2, 0.25) is 5.02 Å². The summed E-state index contributed by atoms with van der Waals surface area (Å²) in [5, 5.41) is 11.4. The maximum atomic E-state index is 13.1. The van der Waals surface area contributed by atoms with Gasteiger partial charge in [-0.05, 0) is 73.9 Å². The number of piperidine rings is 1. The third kappa shape index (κ3) is 4.38. The van der Waals surface area contributed by atoms with Crippen molar-refractivity contribution in [2.45, 2.75) is 56.5 Å². The summed E-state index contributed by atoms with van der Waals surface area (Å²) in [5.41, 5.74) is 4.78. The van der Waals surface area contributed by atoms with Gasteiger partial charge in [0.25, 0.3) is 11.8 Å². The van der Waals surface area contributed by atoms with Crippen LogP contribution in [0.15, 0.2) is 48.7 Å². The minimum Gasteiger partial charge on any atom is -0.385 e. The van der Waals surface area contributed by atoms with E-state index in [0.717, 1.165) is 40.6 Å². The van der Waals surface area contributed by atoms with E-state index in [2.05, 4.69) is 27.6 Å². The van der Waals surface area contributed by atoms with Gasteiger partial charge in [-0.15, -0.1) is 0 Å². The zero-order valence-corrected chi connectivity index (χ0v) is 22.5. The number of hydrogen-bond donors (Lipinski definition) is 2. The summed E-state index contributed by atoms with van der Waals surface area (Å²) < 4.78 is 2.13. The van der Waals surface area contributed by atoms with Crippen LogP contribution in [0.4, 0.5) is 5.69 Å². The van der Waals surface area contributed by atoms with Crippen molar-refractivity contribution in [3.8, 4) is 11.1 Å². The molecule has 3 aromatic rings. The van der Waals surface area contributed by atoms with Gasteiger partial charge in [0.2, 0.25) is 11.8 Å². The zero-order chi connectivity index (χ0) is 27.5. The van der Waals surface area contributed by atoms with E-state index in [1.54, 1.807) is 18.2 Å². The molecule has 4 amide bonds. The molecule has 3 fully saturated rings. The van der Waals surface area contributed by atoms with Crippen molar-refractivity contribution >= 4 is 40.9 Å². The number of anilines is 1. The molecule has 2 N–H and O–H groups in total. The quantitative estimate of drug-likeness (QED) is 0.412. The molecule has 0 spiro atoms. The maximum absolute atomic E-state index is 13.1. The lowest BCUT2D eigenvalue weighted by Crippen LogP contribution is -2.54. The van der Waals surface area contributed by atoms with E-state index < -0.39 is 23.8 Å². The van der Waals surface area contributed by atoms with E-state index in [0.29, 0.717) is 17.9 Å². The molecular formula is C30H28ClN5O4. The monoisotopic (exact) mass is 557 g/mol. The minimum absolute atomic E-state index is 0.0986. The molecule has 1 unspecified atom stereocenters. The Bertz CT molecular complexity index is 1570. The summed E-state index contributed by atoms with van der Waals surface area (Å²) in [5.74, 6) is -0.996. The molecule has 0 radical (unpaired) electrons. The lowest BCUT2D eigenvalue weighted by Gasteiger charge is -2.35. The third-order valence-electron chi connectivity index (χ3n) is 8.48. The Labute approximate surface area is 235 Å². The molecule has 204 valence electrons. The number of aromatic nitrogens is 2. The molecule has 3 heterocycles. The number of hydrogen-bond acceptors (Lipinski definition) is 6. The smallest absolute Gasteiger partial charge is 0.262 e. The van der Waals surface area contributed by atoms with Gasteiger partial charge >= 0.3 is 0 Å². The van der Waals surface area contributed by atoms with Gasteiger partial charge < -0.3 is 5.32 Å². The number of carbonyl (C=O) groups excluding carboxylic acids is 4. The van der Waals surface area contributed by atoms with Crippen molar-refractivity contribution in [2.24, 2.45) is 5.92 Å². The van der Waals surface area contributed by atoms with Crippen LogP contribution in [0, 0.1) is 5.92 Å². The average Bonchev–Trinajstić information content (AvgIpc) is 3.62. The molecular weight excluding hydrogens is 530 g/mol. The second-order valence-electron chi connectivity index (χ2n) is 11.3. The number of halogens is 1. The van der Waals surface area contributed by atoms with Gasteiger partial charge in [-0.1, -0.05) is 23.7 Å². The van der Waals surface area contributed by atoms with Crippen LogP contribution >= 0.6 is 11.6 Å². The summed E-state index contributed by atoms with van der Waals surface area (Å²) in [6.45, 7) is 0.742. The topological polar surface area (TPSA) is 113 Å². The van der Waals surface area contributed by atoms with Crippen molar-refractivity contribution in [3.63, 3.8) is 0 Å². The van der Waals surface area contributed by atoms with Crippen LogP contribution < -0.4 is 10.6 Å². The van der Waals surface area contributed by atoms with Crippen molar-refractivity contribution < 1.29 is 19.2 Å². The number of amides is 4. The molecule has 2 aliphatic heterocycles. The van der Waals surface area contributed by atoms with Gasteiger partial charge in [0.15, 0.2) is 0 Å². The van der Waals surface area contributed by atoms with Crippen LogP contribution in [0.5, 0.6) is 0 Å². The van der Waals surface area contributed by atoms with Gasteiger partial charge in [-0.2, -0.15) is 5.10 Å². The van der Waals surface area contributed by atoms with E-state index in [9.17, 15) is 19.2 Å². The second-order valence-corrected chi connectivity index (χ2v) is 11.7. The van der Waals surface area contributed by atoms with E-state index in [-0.39, 0.29) is 29.9 Å². The number of nitrogens with zero attached hydrogens (tertiary/aromatic N) is 3. The second kappa shape index (κ2) is 9.59. The number of benzene rings is 2. The van der Waals surface area contributed by atoms with Crippen LogP contribution in [0.1, 0.15) is 76.9 Å². The Hall–Kier alpha value is -3.98. The Morgan fingerprint density at radius 2 is 1.75 bits per heavy atom. The van der Waals surface area contributed by atoms with Gasteiger partial charge in [-0.25, -0.2) is 0 Å². The van der Waals surface area contributed by atoms with Crippen molar-refractivity contribution in [1.29, 1.82) is 0 Å². The third-order valence-corrected chi connectivity index (χ3v) is 8.71. The van der Waals surface area contributed by atoms with Crippen LogP contribution in [0.3, 0.4) is 0 Å². The highest BCUT2D eigenvalue weighted by molar-refractivity contribution is 6.30. The number of nitrogens with one attached hydrogen (secondary N) is 2. The first-order valence-corrected chi connectivity index (χ1v) is 14.2. The van der Waals surface area contributed by atoms with Gasteiger partial charge in [-0.3, -0.25) is 34.1 Å². The summed E-state index contributed by atoms with van der Waals surface area (Å²) >= 11 is 6.25. The Balaban J connectivity index is 0.989. The molecule has 2 aliphatic carbocycles. The van der Waals surface area contributed by atoms with E-state index >= 15 is 0 Å². The fourth-order valence-electron chi connectivity index (χ4n) is 6.06. The zero-order valence-electron chi connectivity index (χ0n) is 21.7. The average molecular weight is 558 g/mol. The molecule has 1 aromatic heterocycles. The summed E-state index contributed by atoms with van der Waals surface area (Å²) in [4.78, 5) is 50.8. The first kappa shape index (κ1) is 25.0. The molecule has 10 heteroatoms. The molecule has 9 nitrogen and oxygen atoms in total. The van der Waals surface area contributed by atoms with Crippen LogP contribution in [-0.2, 0) is 9.59 Å². The molecule has 0 bridgehead atoms. The number of fused-ring (bicyclic) bond motifs is 1. The number of imide groups is 2. The standard InChI is InChI=1S/C30H28ClN5O4/c31-19-3-1-2-18(12-19)24-15-35(34-27(24)17-4-5-17)21-10-16(11-21)14-32-20-6-7-22-23(13-20)30(40)36(29(22)39)25-8-9-26(37)33-28(25)38/h1-3,6-7,12-13,15-17,21,25,32H,4-5,8-11,14H2,(H,33,37,38). The minimum atomic E-state index is -0.962. The predicted molar refractivity (Wildman–Crippen MR) is 148 cm³/mol. The molecule has 40 heavy (non-hydrogen) atoms. The highest BCUT2D eigenvalue weighted by atomic mass is 35.5. The van der Waals surface area contributed by atoms with E-state index in [4.69, 9.17) is 16.7 Å². The van der Waals surface area contributed by atoms with Crippen LogP contribution in [0.25, 0.3) is 11.1 Å². The fourth-order valence-corrected chi connectivity index (χ4v) is 6.25. The highest BCUT2D eigenvalue weighted by Crippen LogP contribution is 2.46. The van der Waals surface area contributed by atoms with Gasteiger partial charge in [0, 0.05) is 41.4 Å². The maximum Gasteiger partial charge on any atom is 0.262 e. The van der Waals surface area contributed by atoms with Gasteiger partial charge in [0.1, 0.15) is 6.04 Å². The lowest BCUT2D eigenvalue weighted by atomic mass is 9.80. The Morgan fingerprint density at radius 3 is 2.50 bits per heavy atom. The highest BCUT2D eigenvalue weighted by Gasteiger charge is 2.44. The normalized spacial score (nSPS) is 24.1.